The molecule has 0 atom stereocenters. The molecule has 0 radical (unpaired) electrons. The van der Waals surface area contributed by atoms with Crippen molar-refractivity contribution < 1.29 is 27.5 Å². The Kier molecular flexibility index (Phi) is 5.36. The van der Waals surface area contributed by atoms with Gasteiger partial charge in [0.25, 0.3) is 5.91 Å². The van der Waals surface area contributed by atoms with E-state index in [-0.39, 0.29) is 27.7 Å². The van der Waals surface area contributed by atoms with Crippen molar-refractivity contribution in [3.05, 3.63) is 45.8 Å². The molecule has 0 aliphatic heterocycles. The summed E-state index contributed by atoms with van der Waals surface area (Å²) in [5.74, 6) is -1.30. The molecule has 0 saturated carbocycles. The van der Waals surface area contributed by atoms with Crippen LogP contribution in [0.1, 0.15) is 38.1 Å². The maximum Gasteiger partial charge on any atom is 0.416 e. The third kappa shape index (κ3) is 4.11. The van der Waals surface area contributed by atoms with Crippen molar-refractivity contribution in [1.82, 2.24) is 0 Å². The number of anilines is 2. The van der Waals surface area contributed by atoms with Crippen LogP contribution in [0.4, 0.5) is 23.9 Å². The first kappa shape index (κ1) is 18.8. The molecule has 2 aromatic rings. The number of amides is 1. The molecule has 2 rings (SSSR count). The Morgan fingerprint density at radius 1 is 1.32 bits per heavy atom. The maximum absolute atomic E-state index is 12.7. The molecule has 5 nitrogen and oxygen atoms in total. The third-order valence-corrected chi connectivity index (χ3v) is 4.41. The number of nitrogen functional groups attached to an aromatic ring is 1. The van der Waals surface area contributed by atoms with Crippen LogP contribution in [-0.2, 0) is 10.9 Å². The van der Waals surface area contributed by atoms with Gasteiger partial charge in [-0.05, 0) is 37.6 Å². The average Bonchev–Trinajstić information content (AvgIpc) is 2.82. The van der Waals surface area contributed by atoms with Gasteiger partial charge in [-0.3, -0.25) is 4.79 Å². The number of benzene rings is 1. The zero-order valence-corrected chi connectivity index (χ0v) is 14.2. The Morgan fingerprint density at radius 3 is 2.60 bits per heavy atom. The van der Waals surface area contributed by atoms with E-state index in [1.54, 1.807) is 6.92 Å². The molecule has 1 aromatic carbocycles. The van der Waals surface area contributed by atoms with E-state index < -0.39 is 23.6 Å². The highest BCUT2D eigenvalue weighted by Crippen LogP contribution is 2.33. The number of rotatable bonds is 4. The molecule has 0 spiro atoms. The molecular formula is C16H15F3N2O3S. The van der Waals surface area contributed by atoms with Gasteiger partial charge in [0.15, 0.2) is 0 Å². The van der Waals surface area contributed by atoms with Crippen molar-refractivity contribution in [2.45, 2.75) is 20.0 Å². The zero-order chi connectivity index (χ0) is 18.8. The number of ether oxygens (including phenoxy) is 1. The second-order valence-electron chi connectivity index (χ2n) is 5.05. The zero-order valence-electron chi connectivity index (χ0n) is 13.4. The number of halogens is 3. The monoisotopic (exact) mass is 372 g/mol. The molecule has 9 heteroatoms. The molecule has 3 N–H and O–H groups in total. The van der Waals surface area contributed by atoms with Crippen LogP contribution < -0.4 is 11.1 Å². The number of carbonyl (C=O) groups is 2. The quantitative estimate of drug-likeness (QED) is 0.792. The summed E-state index contributed by atoms with van der Waals surface area (Å²) in [6.45, 7) is 3.34. The van der Waals surface area contributed by atoms with Crippen LogP contribution in [0.3, 0.4) is 0 Å². The van der Waals surface area contributed by atoms with Gasteiger partial charge < -0.3 is 15.8 Å². The normalized spacial score (nSPS) is 11.2. The fourth-order valence-corrected chi connectivity index (χ4v) is 3.14. The third-order valence-electron chi connectivity index (χ3n) is 3.31. The molecular weight excluding hydrogens is 357 g/mol. The topological polar surface area (TPSA) is 81.4 Å². The Morgan fingerprint density at radius 2 is 2.00 bits per heavy atom. The van der Waals surface area contributed by atoms with Gasteiger partial charge in [0.1, 0.15) is 4.88 Å². The number of hydrogen-bond donors (Lipinski definition) is 2. The van der Waals surface area contributed by atoms with Crippen molar-refractivity contribution in [2.24, 2.45) is 0 Å². The lowest BCUT2D eigenvalue weighted by molar-refractivity contribution is -0.137. The van der Waals surface area contributed by atoms with Gasteiger partial charge in [0, 0.05) is 5.69 Å². The first-order valence-electron chi connectivity index (χ1n) is 7.19. The highest BCUT2D eigenvalue weighted by Gasteiger charge is 2.31. The molecule has 25 heavy (non-hydrogen) atoms. The maximum atomic E-state index is 12.7. The lowest BCUT2D eigenvalue weighted by atomic mass is 10.1. The molecule has 0 unspecified atom stereocenters. The summed E-state index contributed by atoms with van der Waals surface area (Å²) in [4.78, 5) is 24.4. The first-order chi connectivity index (χ1) is 11.6. The van der Waals surface area contributed by atoms with Crippen molar-refractivity contribution in [2.75, 3.05) is 17.7 Å². The summed E-state index contributed by atoms with van der Waals surface area (Å²) in [5, 5.41) is 2.46. The number of esters is 1. The summed E-state index contributed by atoms with van der Waals surface area (Å²) in [7, 11) is 0. The summed E-state index contributed by atoms with van der Waals surface area (Å²) < 4.78 is 43.1. The molecule has 0 aliphatic carbocycles. The Labute approximate surface area is 145 Å². The van der Waals surface area contributed by atoms with E-state index in [0.717, 1.165) is 23.5 Å². The van der Waals surface area contributed by atoms with Gasteiger partial charge in [-0.2, -0.15) is 13.2 Å². The van der Waals surface area contributed by atoms with Crippen molar-refractivity contribution >= 4 is 33.9 Å². The predicted molar refractivity (Wildman–Crippen MR) is 88.8 cm³/mol. The van der Waals surface area contributed by atoms with Gasteiger partial charge in [-0.1, -0.05) is 6.07 Å². The smallest absolute Gasteiger partial charge is 0.416 e. The molecule has 0 fully saturated rings. The highest BCUT2D eigenvalue weighted by atomic mass is 32.1. The molecule has 0 saturated heterocycles. The number of nitrogens with one attached hydrogen (secondary N) is 1. The van der Waals surface area contributed by atoms with E-state index in [2.05, 4.69) is 5.32 Å². The highest BCUT2D eigenvalue weighted by molar-refractivity contribution is 7.18. The van der Waals surface area contributed by atoms with Crippen molar-refractivity contribution in [3.63, 3.8) is 0 Å². The lowest BCUT2D eigenvalue weighted by Crippen LogP contribution is -2.15. The van der Waals surface area contributed by atoms with Gasteiger partial charge in [0.05, 0.1) is 22.7 Å². The number of carbonyl (C=O) groups excluding carboxylic acids is 2. The molecule has 1 aromatic heterocycles. The van der Waals surface area contributed by atoms with E-state index in [1.807, 2.05) is 0 Å². The molecule has 0 bridgehead atoms. The van der Waals surface area contributed by atoms with Crippen LogP contribution in [-0.4, -0.2) is 18.5 Å². The van der Waals surface area contributed by atoms with Gasteiger partial charge in [-0.15, -0.1) is 11.3 Å². The molecule has 0 aliphatic rings. The fraction of sp³-hybridized carbons (Fsp3) is 0.250. The largest absolute Gasteiger partial charge is 0.462 e. The second kappa shape index (κ2) is 7.14. The summed E-state index contributed by atoms with van der Waals surface area (Å²) in [5.41, 5.74) is 5.26. The minimum absolute atomic E-state index is 0.0255. The number of thiophene rings is 1. The van der Waals surface area contributed by atoms with Gasteiger partial charge >= 0.3 is 12.1 Å². The van der Waals surface area contributed by atoms with Crippen molar-refractivity contribution in [3.8, 4) is 0 Å². The lowest BCUT2D eigenvalue weighted by Gasteiger charge is -2.10. The van der Waals surface area contributed by atoms with E-state index in [4.69, 9.17) is 10.5 Å². The van der Waals surface area contributed by atoms with Crippen LogP contribution in [0, 0.1) is 6.92 Å². The molecule has 1 amide bonds. The van der Waals surface area contributed by atoms with Gasteiger partial charge in [0.2, 0.25) is 0 Å². The Bertz CT molecular complexity index is 815. The van der Waals surface area contributed by atoms with E-state index in [0.29, 0.717) is 5.56 Å². The standard InChI is InChI=1S/C16H15F3N2O3S/c1-3-24-15(23)12-8(2)11(13(20)25-12)14(22)21-10-6-4-5-9(7-10)16(17,18)19/h4-7H,3,20H2,1-2H3,(H,21,22). The Balaban J connectivity index is 2.29. The number of alkyl halides is 3. The van der Waals surface area contributed by atoms with E-state index >= 15 is 0 Å². The van der Waals surface area contributed by atoms with Crippen LogP contribution in [0.5, 0.6) is 0 Å². The second-order valence-corrected chi connectivity index (χ2v) is 6.10. The van der Waals surface area contributed by atoms with Crippen LogP contribution in [0.2, 0.25) is 0 Å². The Hall–Kier alpha value is -2.55. The minimum atomic E-state index is -4.52. The predicted octanol–water partition coefficient (Wildman–Crippen LogP) is 4.09. The molecule has 1 heterocycles. The number of hydrogen-bond acceptors (Lipinski definition) is 5. The first-order valence-corrected chi connectivity index (χ1v) is 8.01. The average molecular weight is 372 g/mol. The van der Waals surface area contributed by atoms with E-state index in [1.165, 1.54) is 19.1 Å². The summed E-state index contributed by atoms with van der Waals surface area (Å²) in [6, 6.07) is 4.24. The van der Waals surface area contributed by atoms with Crippen LogP contribution in [0.25, 0.3) is 0 Å². The minimum Gasteiger partial charge on any atom is -0.462 e. The van der Waals surface area contributed by atoms with Crippen LogP contribution >= 0.6 is 11.3 Å². The van der Waals surface area contributed by atoms with Crippen LogP contribution in [0.15, 0.2) is 24.3 Å². The van der Waals surface area contributed by atoms with Gasteiger partial charge in [-0.25, -0.2) is 4.79 Å². The SMILES string of the molecule is CCOC(=O)c1sc(N)c(C(=O)Nc2cccc(C(F)(F)F)c2)c1C. The summed E-state index contributed by atoms with van der Waals surface area (Å²) >= 11 is 0.898. The van der Waals surface area contributed by atoms with Crippen molar-refractivity contribution in [1.29, 1.82) is 0 Å². The number of nitrogens with two attached hydrogens (primary N) is 1. The molecule has 134 valence electrons. The summed E-state index contributed by atoms with van der Waals surface area (Å²) in [6.07, 6.45) is -4.52. The fourth-order valence-electron chi connectivity index (χ4n) is 2.18. The van der Waals surface area contributed by atoms with E-state index in [9.17, 15) is 22.8 Å².